The number of fused-ring (bicyclic) bond motifs is 1. The average Bonchev–Trinajstić information content (AvgIpc) is 2.37. The van der Waals surface area contributed by atoms with E-state index in [0.29, 0.717) is 6.04 Å². The Hall–Kier alpha value is -0.870. The van der Waals surface area contributed by atoms with Gasteiger partial charge in [0.2, 0.25) is 0 Å². The maximum absolute atomic E-state index is 5.27. The van der Waals surface area contributed by atoms with Gasteiger partial charge < -0.3 is 9.64 Å². The van der Waals surface area contributed by atoms with E-state index in [1.807, 2.05) is 0 Å². The zero-order valence-corrected chi connectivity index (χ0v) is 10.1. The van der Waals surface area contributed by atoms with Gasteiger partial charge in [0.25, 0.3) is 0 Å². The van der Waals surface area contributed by atoms with Crippen LogP contribution in [0.2, 0.25) is 0 Å². The summed E-state index contributed by atoms with van der Waals surface area (Å²) >= 11 is 0. The van der Waals surface area contributed by atoms with E-state index in [2.05, 4.69) is 23.6 Å². The third-order valence-electron chi connectivity index (χ3n) is 3.67. The van der Waals surface area contributed by atoms with Crippen LogP contribution in [0.15, 0.2) is 0 Å². The highest BCUT2D eigenvalue weighted by Gasteiger charge is 2.27. The highest BCUT2D eigenvalue weighted by Crippen LogP contribution is 2.26. The zero-order chi connectivity index (χ0) is 11.1. The maximum Gasteiger partial charge on any atom is 0.0988 e. The molecule has 1 aromatic rings. The van der Waals surface area contributed by atoms with Crippen LogP contribution in [0.4, 0.5) is 0 Å². The topological polar surface area (TPSA) is 30.3 Å². The number of ether oxygens (including phenoxy) is 1. The molecule has 2 aliphatic heterocycles. The van der Waals surface area contributed by atoms with Gasteiger partial charge in [-0.2, -0.15) is 5.10 Å². The molecule has 1 fully saturated rings. The van der Waals surface area contributed by atoms with E-state index in [1.54, 1.807) is 0 Å². The lowest BCUT2D eigenvalue weighted by Gasteiger charge is -2.28. The summed E-state index contributed by atoms with van der Waals surface area (Å²) < 4.78 is 7.50. The van der Waals surface area contributed by atoms with Gasteiger partial charge in [-0.05, 0) is 33.4 Å². The summed E-state index contributed by atoms with van der Waals surface area (Å²) in [5, 5.41) is 4.70. The number of aromatic nitrogens is 2. The summed E-state index contributed by atoms with van der Waals surface area (Å²) in [6, 6.07) is 0.492. The van der Waals surface area contributed by atoms with Gasteiger partial charge in [-0.25, -0.2) is 0 Å². The molecule has 3 heterocycles. The van der Waals surface area contributed by atoms with Crippen molar-refractivity contribution < 1.29 is 4.74 Å². The van der Waals surface area contributed by atoms with E-state index in [1.165, 1.54) is 29.9 Å². The Morgan fingerprint density at radius 2 is 2.19 bits per heavy atom. The molecule has 0 aromatic carbocycles. The molecule has 2 aliphatic rings. The second-order valence-corrected chi connectivity index (χ2v) is 4.99. The fourth-order valence-corrected chi connectivity index (χ4v) is 2.63. The molecule has 0 saturated carbocycles. The minimum Gasteiger partial charge on any atom is -0.377 e. The lowest BCUT2D eigenvalue weighted by molar-refractivity contribution is -0.0299. The summed E-state index contributed by atoms with van der Waals surface area (Å²) in [4.78, 5) is 2.39. The summed E-state index contributed by atoms with van der Waals surface area (Å²) in [6.45, 7) is 6.05. The molecule has 0 amide bonds. The van der Waals surface area contributed by atoms with E-state index in [-0.39, 0.29) is 0 Å². The number of aryl methyl sites for hydroxylation is 1. The maximum atomic E-state index is 5.27. The van der Waals surface area contributed by atoms with E-state index >= 15 is 0 Å². The minimum atomic E-state index is 0.492. The molecule has 0 unspecified atom stereocenters. The molecule has 4 nitrogen and oxygen atoms in total. The van der Waals surface area contributed by atoms with E-state index in [0.717, 1.165) is 26.2 Å². The van der Waals surface area contributed by atoms with Crippen LogP contribution in [0.5, 0.6) is 0 Å². The third-order valence-corrected chi connectivity index (χ3v) is 3.67. The van der Waals surface area contributed by atoms with E-state index in [9.17, 15) is 0 Å². The Balaban J connectivity index is 1.98. The Kier molecular flexibility index (Phi) is 2.48. The molecule has 16 heavy (non-hydrogen) atoms. The Labute approximate surface area is 96.2 Å². The van der Waals surface area contributed by atoms with Crippen molar-refractivity contribution in [2.24, 2.45) is 0 Å². The lowest BCUT2D eigenvalue weighted by Crippen LogP contribution is -2.32. The van der Waals surface area contributed by atoms with Crippen molar-refractivity contribution in [2.75, 3.05) is 26.8 Å². The van der Waals surface area contributed by atoms with Crippen LogP contribution in [0.3, 0.4) is 0 Å². The smallest absolute Gasteiger partial charge is 0.0988 e. The van der Waals surface area contributed by atoms with Crippen molar-refractivity contribution in [2.45, 2.75) is 32.4 Å². The molecular formula is C12H19N3O. The SMILES string of the molecule is Cc1nn(C2COC2)c2c1CN(C)CCC2. The predicted molar refractivity (Wildman–Crippen MR) is 61.5 cm³/mol. The molecule has 1 saturated heterocycles. The first-order valence-corrected chi connectivity index (χ1v) is 6.09. The molecule has 3 rings (SSSR count). The lowest BCUT2D eigenvalue weighted by atomic mass is 10.1. The van der Waals surface area contributed by atoms with Crippen LogP contribution in [0.25, 0.3) is 0 Å². The summed E-state index contributed by atoms with van der Waals surface area (Å²) in [5.41, 5.74) is 4.11. The number of rotatable bonds is 1. The first-order chi connectivity index (χ1) is 7.75. The van der Waals surface area contributed by atoms with Crippen LogP contribution in [-0.2, 0) is 17.7 Å². The van der Waals surface area contributed by atoms with Crippen LogP contribution in [-0.4, -0.2) is 41.5 Å². The molecule has 0 N–H and O–H groups in total. The summed E-state index contributed by atoms with van der Waals surface area (Å²) in [6.07, 6.45) is 2.40. The molecular weight excluding hydrogens is 202 g/mol. The number of hydrogen-bond acceptors (Lipinski definition) is 3. The molecule has 1 aromatic heterocycles. The number of nitrogens with zero attached hydrogens (tertiary/aromatic N) is 3. The van der Waals surface area contributed by atoms with E-state index < -0.39 is 0 Å². The van der Waals surface area contributed by atoms with Gasteiger partial charge in [0.1, 0.15) is 0 Å². The third kappa shape index (κ3) is 1.57. The van der Waals surface area contributed by atoms with Crippen LogP contribution < -0.4 is 0 Å². The molecule has 0 atom stereocenters. The average molecular weight is 221 g/mol. The van der Waals surface area contributed by atoms with Gasteiger partial charge in [-0.15, -0.1) is 0 Å². The first kappa shape index (κ1) is 10.3. The van der Waals surface area contributed by atoms with Crippen molar-refractivity contribution in [3.63, 3.8) is 0 Å². The van der Waals surface area contributed by atoms with Crippen molar-refractivity contribution in [1.29, 1.82) is 0 Å². The van der Waals surface area contributed by atoms with Crippen LogP contribution in [0, 0.1) is 6.92 Å². The van der Waals surface area contributed by atoms with Gasteiger partial charge >= 0.3 is 0 Å². The molecule has 0 radical (unpaired) electrons. The molecule has 4 heteroatoms. The van der Waals surface area contributed by atoms with Gasteiger partial charge in [0, 0.05) is 17.8 Å². The second-order valence-electron chi connectivity index (χ2n) is 4.99. The van der Waals surface area contributed by atoms with Gasteiger partial charge in [-0.3, -0.25) is 4.68 Å². The van der Waals surface area contributed by atoms with Gasteiger partial charge in [0.05, 0.1) is 24.9 Å². The highest BCUT2D eigenvalue weighted by molar-refractivity contribution is 5.27. The van der Waals surface area contributed by atoms with Gasteiger partial charge in [-0.1, -0.05) is 0 Å². The van der Waals surface area contributed by atoms with Crippen molar-refractivity contribution in [3.05, 3.63) is 17.0 Å². The van der Waals surface area contributed by atoms with Crippen molar-refractivity contribution in [1.82, 2.24) is 14.7 Å². The Morgan fingerprint density at radius 1 is 1.38 bits per heavy atom. The fourth-order valence-electron chi connectivity index (χ4n) is 2.63. The highest BCUT2D eigenvalue weighted by atomic mass is 16.5. The monoisotopic (exact) mass is 221 g/mol. The van der Waals surface area contributed by atoms with E-state index in [4.69, 9.17) is 9.84 Å². The quantitative estimate of drug-likeness (QED) is 0.712. The Bertz CT molecular complexity index is 395. The molecule has 0 aliphatic carbocycles. The van der Waals surface area contributed by atoms with Crippen molar-refractivity contribution >= 4 is 0 Å². The normalized spacial score (nSPS) is 22.6. The van der Waals surface area contributed by atoms with Crippen molar-refractivity contribution in [3.8, 4) is 0 Å². The summed E-state index contributed by atoms with van der Waals surface area (Å²) in [5.74, 6) is 0. The standard InChI is InChI=1S/C12H19N3O/c1-9-11-6-14(2)5-3-4-12(11)15(13-9)10-7-16-8-10/h10H,3-8H2,1-2H3. The largest absolute Gasteiger partial charge is 0.377 e. The molecule has 0 spiro atoms. The first-order valence-electron chi connectivity index (χ1n) is 6.09. The Morgan fingerprint density at radius 3 is 2.88 bits per heavy atom. The zero-order valence-electron chi connectivity index (χ0n) is 10.1. The fraction of sp³-hybridized carbons (Fsp3) is 0.750. The molecule has 0 bridgehead atoms. The van der Waals surface area contributed by atoms with Crippen LogP contribution in [0.1, 0.15) is 29.4 Å². The second kappa shape index (κ2) is 3.86. The van der Waals surface area contributed by atoms with Crippen LogP contribution >= 0.6 is 0 Å². The predicted octanol–water partition coefficient (Wildman–Crippen LogP) is 1.14. The number of hydrogen-bond donors (Lipinski definition) is 0. The summed E-state index contributed by atoms with van der Waals surface area (Å²) in [7, 11) is 2.19. The molecule has 88 valence electrons. The van der Waals surface area contributed by atoms with Gasteiger partial charge in [0.15, 0.2) is 0 Å². The minimum absolute atomic E-state index is 0.492.